The van der Waals surface area contributed by atoms with Crippen LogP contribution in [-0.4, -0.2) is 41.7 Å². The van der Waals surface area contributed by atoms with E-state index in [1.807, 2.05) is 31.2 Å². The van der Waals surface area contributed by atoms with E-state index in [0.717, 1.165) is 11.3 Å². The number of nitrogens with zero attached hydrogens (tertiary/aromatic N) is 2. The van der Waals surface area contributed by atoms with Crippen LogP contribution in [0.3, 0.4) is 0 Å². The number of nitrogens with one attached hydrogen (secondary N) is 1. The van der Waals surface area contributed by atoms with E-state index in [1.54, 1.807) is 31.2 Å². The fourth-order valence-corrected chi connectivity index (χ4v) is 3.29. The second-order valence-electron chi connectivity index (χ2n) is 7.30. The van der Waals surface area contributed by atoms with Gasteiger partial charge in [-0.2, -0.15) is 5.10 Å². The van der Waals surface area contributed by atoms with Crippen molar-refractivity contribution in [3.63, 3.8) is 0 Å². The van der Waals surface area contributed by atoms with Crippen LogP contribution < -0.4 is 29.8 Å². The van der Waals surface area contributed by atoms with Gasteiger partial charge in [0.2, 0.25) is 6.79 Å². The average molecular weight is 451 g/mol. The molecule has 1 aromatic heterocycles. The molecule has 0 spiro atoms. The van der Waals surface area contributed by atoms with Crippen LogP contribution in [0, 0.1) is 0 Å². The molecule has 0 saturated carbocycles. The van der Waals surface area contributed by atoms with Gasteiger partial charge in [0.25, 0.3) is 11.5 Å². The average Bonchev–Trinajstić information content (AvgIpc) is 3.29. The SMILES string of the molecule is CCOc1ccc(-c2ccc(=O)n(CCNC(=O)C(C)Oc3ccc4c(c3)OCO4)n2)cc1. The lowest BCUT2D eigenvalue weighted by Crippen LogP contribution is -2.39. The van der Waals surface area contributed by atoms with E-state index in [0.29, 0.717) is 29.5 Å². The van der Waals surface area contributed by atoms with Gasteiger partial charge in [0.15, 0.2) is 17.6 Å². The summed E-state index contributed by atoms with van der Waals surface area (Å²) in [5, 5.41) is 7.19. The molecule has 9 nitrogen and oxygen atoms in total. The minimum absolute atomic E-state index is 0.169. The fourth-order valence-electron chi connectivity index (χ4n) is 3.29. The molecule has 2 aromatic carbocycles. The number of rotatable bonds is 9. The van der Waals surface area contributed by atoms with E-state index in [-0.39, 0.29) is 31.3 Å². The molecule has 2 heterocycles. The van der Waals surface area contributed by atoms with Crippen LogP contribution in [-0.2, 0) is 11.3 Å². The molecule has 33 heavy (non-hydrogen) atoms. The molecular weight excluding hydrogens is 426 g/mol. The summed E-state index contributed by atoms with van der Waals surface area (Å²) < 4.78 is 23.1. The number of hydrogen-bond acceptors (Lipinski definition) is 7. The van der Waals surface area contributed by atoms with Crippen LogP contribution in [0.15, 0.2) is 59.4 Å². The largest absolute Gasteiger partial charge is 0.494 e. The van der Waals surface area contributed by atoms with Crippen LogP contribution in [0.2, 0.25) is 0 Å². The molecule has 1 aliphatic rings. The first-order chi connectivity index (χ1) is 16.0. The summed E-state index contributed by atoms with van der Waals surface area (Å²) in [4.78, 5) is 24.6. The second kappa shape index (κ2) is 10.1. The Morgan fingerprint density at radius 3 is 2.64 bits per heavy atom. The van der Waals surface area contributed by atoms with Gasteiger partial charge in [-0.3, -0.25) is 9.59 Å². The number of fused-ring (bicyclic) bond motifs is 1. The van der Waals surface area contributed by atoms with Crippen LogP contribution in [0.4, 0.5) is 0 Å². The number of carbonyl (C=O) groups is 1. The highest BCUT2D eigenvalue weighted by Gasteiger charge is 2.18. The van der Waals surface area contributed by atoms with Gasteiger partial charge in [0.05, 0.1) is 18.8 Å². The predicted octanol–water partition coefficient (Wildman–Crippen LogP) is 2.62. The molecule has 1 unspecified atom stereocenters. The number of aromatic nitrogens is 2. The number of carbonyl (C=O) groups excluding carboxylic acids is 1. The highest BCUT2D eigenvalue weighted by atomic mass is 16.7. The molecule has 1 atom stereocenters. The molecule has 0 aliphatic carbocycles. The van der Waals surface area contributed by atoms with Gasteiger partial charge in [-0.15, -0.1) is 0 Å². The Morgan fingerprint density at radius 2 is 1.85 bits per heavy atom. The molecule has 1 aliphatic heterocycles. The Kier molecular flexibility index (Phi) is 6.77. The Labute approximate surface area is 190 Å². The van der Waals surface area contributed by atoms with Crippen molar-refractivity contribution in [1.29, 1.82) is 0 Å². The van der Waals surface area contributed by atoms with Crippen LogP contribution in [0.5, 0.6) is 23.0 Å². The third kappa shape index (κ3) is 5.43. The Hall–Kier alpha value is -4.01. The summed E-state index contributed by atoms with van der Waals surface area (Å²) in [7, 11) is 0. The molecular formula is C24H25N3O6. The van der Waals surface area contributed by atoms with E-state index in [2.05, 4.69) is 10.4 Å². The highest BCUT2D eigenvalue weighted by Crippen LogP contribution is 2.35. The van der Waals surface area contributed by atoms with Gasteiger partial charge in [-0.25, -0.2) is 4.68 Å². The summed E-state index contributed by atoms with van der Waals surface area (Å²) in [5.74, 6) is 2.20. The van der Waals surface area contributed by atoms with Gasteiger partial charge < -0.3 is 24.3 Å². The van der Waals surface area contributed by atoms with Crippen molar-refractivity contribution in [2.45, 2.75) is 26.5 Å². The van der Waals surface area contributed by atoms with Crippen LogP contribution >= 0.6 is 0 Å². The molecule has 0 saturated heterocycles. The normalized spacial score (nSPS) is 12.8. The van der Waals surface area contributed by atoms with Crippen molar-refractivity contribution in [3.8, 4) is 34.3 Å². The topological polar surface area (TPSA) is 101 Å². The third-order valence-electron chi connectivity index (χ3n) is 4.98. The minimum atomic E-state index is -0.731. The van der Waals surface area contributed by atoms with E-state index >= 15 is 0 Å². The molecule has 3 aromatic rings. The lowest BCUT2D eigenvalue weighted by atomic mass is 10.1. The Bertz CT molecular complexity index is 1180. The maximum absolute atomic E-state index is 12.4. The molecule has 9 heteroatoms. The predicted molar refractivity (Wildman–Crippen MR) is 121 cm³/mol. The molecule has 0 radical (unpaired) electrons. The summed E-state index contributed by atoms with van der Waals surface area (Å²) in [5.41, 5.74) is 1.27. The molecule has 0 bridgehead atoms. The Balaban J connectivity index is 1.32. The van der Waals surface area contributed by atoms with Crippen molar-refractivity contribution >= 4 is 5.91 Å². The van der Waals surface area contributed by atoms with Crippen molar-refractivity contribution in [1.82, 2.24) is 15.1 Å². The van der Waals surface area contributed by atoms with Gasteiger partial charge in [-0.05, 0) is 56.3 Å². The van der Waals surface area contributed by atoms with Crippen molar-refractivity contribution in [3.05, 3.63) is 65.0 Å². The smallest absolute Gasteiger partial charge is 0.266 e. The monoisotopic (exact) mass is 451 g/mol. The Morgan fingerprint density at radius 1 is 1.09 bits per heavy atom. The standard InChI is InChI=1S/C24H25N3O6/c1-3-30-18-6-4-17(5-7-18)20-9-11-23(28)27(26-20)13-12-25-24(29)16(2)33-19-8-10-21-22(14-19)32-15-31-21/h4-11,14,16H,3,12-13,15H2,1-2H3,(H,25,29). The first kappa shape index (κ1) is 22.2. The zero-order chi connectivity index (χ0) is 23.2. The van der Waals surface area contributed by atoms with E-state index in [9.17, 15) is 9.59 Å². The van der Waals surface area contributed by atoms with E-state index in [4.69, 9.17) is 18.9 Å². The van der Waals surface area contributed by atoms with Gasteiger partial charge in [-0.1, -0.05) is 0 Å². The zero-order valence-electron chi connectivity index (χ0n) is 18.4. The number of ether oxygens (including phenoxy) is 4. The van der Waals surface area contributed by atoms with Crippen molar-refractivity contribution in [2.24, 2.45) is 0 Å². The zero-order valence-corrected chi connectivity index (χ0v) is 18.4. The minimum Gasteiger partial charge on any atom is -0.494 e. The van der Waals surface area contributed by atoms with Gasteiger partial charge in [0.1, 0.15) is 11.5 Å². The highest BCUT2D eigenvalue weighted by molar-refractivity contribution is 5.80. The molecule has 0 fully saturated rings. The number of amides is 1. The molecule has 1 N–H and O–H groups in total. The van der Waals surface area contributed by atoms with Crippen LogP contribution in [0.25, 0.3) is 11.3 Å². The lowest BCUT2D eigenvalue weighted by Gasteiger charge is -2.15. The summed E-state index contributed by atoms with van der Waals surface area (Å²) in [6, 6.07) is 15.8. The van der Waals surface area contributed by atoms with Gasteiger partial charge >= 0.3 is 0 Å². The maximum atomic E-state index is 12.4. The summed E-state index contributed by atoms with van der Waals surface area (Å²) >= 11 is 0. The molecule has 172 valence electrons. The summed E-state index contributed by atoms with van der Waals surface area (Å²) in [6.07, 6.45) is -0.731. The van der Waals surface area contributed by atoms with Crippen LogP contribution in [0.1, 0.15) is 13.8 Å². The summed E-state index contributed by atoms with van der Waals surface area (Å²) in [6.45, 7) is 4.79. The van der Waals surface area contributed by atoms with Gasteiger partial charge in [0, 0.05) is 24.2 Å². The lowest BCUT2D eigenvalue weighted by molar-refractivity contribution is -0.127. The second-order valence-corrected chi connectivity index (χ2v) is 7.30. The number of hydrogen-bond donors (Lipinski definition) is 1. The third-order valence-corrected chi connectivity index (χ3v) is 4.98. The van der Waals surface area contributed by atoms with Crippen molar-refractivity contribution in [2.75, 3.05) is 19.9 Å². The number of benzene rings is 2. The maximum Gasteiger partial charge on any atom is 0.266 e. The van der Waals surface area contributed by atoms with E-state index < -0.39 is 6.10 Å². The van der Waals surface area contributed by atoms with E-state index in [1.165, 1.54) is 10.7 Å². The molecule has 4 rings (SSSR count). The fraction of sp³-hybridized carbons (Fsp3) is 0.292. The first-order valence-corrected chi connectivity index (χ1v) is 10.7. The molecule has 1 amide bonds. The quantitative estimate of drug-likeness (QED) is 0.534. The first-order valence-electron chi connectivity index (χ1n) is 10.7. The van der Waals surface area contributed by atoms with Crippen molar-refractivity contribution < 1.29 is 23.7 Å².